The highest BCUT2D eigenvalue weighted by molar-refractivity contribution is 7.99. The number of rotatable bonds is 8. The maximum Gasteiger partial charge on any atom is 0.342 e. The van der Waals surface area contributed by atoms with Gasteiger partial charge < -0.3 is 9.47 Å². The Balaban J connectivity index is 1.91. The van der Waals surface area contributed by atoms with Crippen LogP contribution in [0.5, 0.6) is 11.5 Å². The summed E-state index contributed by atoms with van der Waals surface area (Å²) in [6.07, 6.45) is 1.47. The van der Waals surface area contributed by atoms with Gasteiger partial charge in [-0.25, -0.2) is 15.3 Å². The summed E-state index contributed by atoms with van der Waals surface area (Å²) in [7, 11) is 1.54. The van der Waals surface area contributed by atoms with Gasteiger partial charge in [0.25, 0.3) is 5.56 Å². The molecule has 0 aliphatic rings. The van der Waals surface area contributed by atoms with Crippen molar-refractivity contribution in [3.63, 3.8) is 0 Å². The van der Waals surface area contributed by atoms with Gasteiger partial charge in [-0.15, -0.1) is 0 Å². The number of benzene rings is 1. The minimum absolute atomic E-state index is 0.0133. The molecular formula is C16H19N5O5S. The Hall–Kier alpha value is -3.08. The maximum atomic E-state index is 11.8. The molecule has 1 aromatic heterocycles. The van der Waals surface area contributed by atoms with E-state index in [4.69, 9.17) is 9.47 Å². The molecule has 2 aromatic rings. The quantitative estimate of drug-likeness (QED) is 0.337. The highest BCUT2D eigenvalue weighted by Crippen LogP contribution is 2.28. The molecule has 0 bridgehead atoms. The summed E-state index contributed by atoms with van der Waals surface area (Å²) in [5, 5.41) is 9.50. The number of carbonyl (C=O) groups excluding carboxylic acids is 1. The number of nitrogens with one attached hydrogen (secondary N) is 3. The zero-order valence-electron chi connectivity index (χ0n) is 14.9. The van der Waals surface area contributed by atoms with Crippen molar-refractivity contribution < 1.29 is 14.3 Å². The van der Waals surface area contributed by atoms with E-state index >= 15 is 0 Å². The van der Waals surface area contributed by atoms with Crippen LogP contribution in [0.1, 0.15) is 19.4 Å². The number of thioether (sulfide) groups is 1. The highest BCUT2D eigenvalue weighted by atomic mass is 32.2. The van der Waals surface area contributed by atoms with Crippen LogP contribution in [0.15, 0.2) is 37.9 Å². The van der Waals surface area contributed by atoms with E-state index in [1.54, 1.807) is 18.2 Å². The van der Waals surface area contributed by atoms with Crippen molar-refractivity contribution in [2.45, 2.75) is 25.0 Å². The number of H-pyrrole nitrogens is 2. The molecule has 0 radical (unpaired) electrons. The van der Waals surface area contributed by atoms with E-state index in [1.807, 2.05) is 18.8 Å². The normalized spacial score (nSPS) is 11.0. The second-order valence-corrected chi connectivity index (χ2v) is 6.43. The molecule has 2 rings (SSSR count). The van der Waals surface area contributed by atoms with Crippen LogP contribution in [-0.2, 0) is 4.79 Å². The first-order chi connectivity index (χ1) is 12.9. The predicted octanol–water partition coefficient (Wildman–Crippen LogP) is 0.496. The first-order valence-corrected chi connectivity index (χ1v) is 8.86. The van der Waals surface area contributed by atoms with Gasteiger partial charge in [0.05, 0.1) is 25.2 Å². The third-order valence-electron chi connectivity index (χ3n) is 2.97. The number of hydrogen-bond acceptors (Lipinski definition) is 8. The number of nitrogens with zero attached hydrogens (tertiary/aromatic N) is 2. The second kappa shape index (κ2) is 9.57. The molecule has 11 heteroatoms. The number of amides is 1. The van der Waals surface area contributed by atoms with Gasteiger partial charge in [0.2, 0.25) is 5.91 Å². The van der Waals surface area contributed by atoms with E-state index in [0.717, 1.165) is 11.8 Å². The smallest absolute Gasteiger partial charge is 0.342 e. The van der Waals surface area contributed by atoms with Crippen LogP contribution in [0, 0.1) is 0 Å². The van der Waals surface area contributed by atoms with Crippen molar-refractivity contribution in [2.24, 2.45) is 5.10 Å². The lowest BCUT2D eigenvalue weighted by molar-refractivity contribution is -0.118. The lowest BCUT2D eigenvalue weighted by atomic mass is 10.2. The molecule has 0 unspecified atom stereocenters. The van der Waals surface area contributed by atoms with Crippen molar-refractivity contribution in [3.8, 4) is 11.5 Å². The van der Waals surface area contributed by atoms with Gasteiger partial charge in [-0.3, -0.25) is 14.6 Å². The molecule has 3 N–H and O–H groups in total. The Morgan fingerprint density at radius 1 is 1.37 bits per heavy atom. The number of aromatic amines is 2. The van der Waals surface area contributed by atoms with Gasteiger partial charge in [0, 0.05) is 0 Å². The fraction of sp³-hybridized carbons (Fsp3) is 0.312. The number of hydrazone groups is 1. The lowest BCUT2D eigenvalue weighted by Gasteiger charge is -2.13. The van der Waals surface area contributed by atoms with Crippen molar-refractivity contribution in [1.29, 1.82) is 0 Å². The highest BCUT2D eigenvalue weighted by Gasteiger charge is 2.08. The van der Waals surface area contributed by atoms with Crippen LogP contribution >= 0.6 is 11.8 Å². The van der Waals surface area contributed by atoms with Crippen LogP contribution in [0.3, 0.4) is 0 Å². The van der Waals surface area contributed by atoms with E-state index in [-0.39, 0.29) is 16.9 Å². The van der Waals surface area contributed by atoms with Crippen molar-refractivity contribution in [3.05, 3.63) is 44.6 Å². The van der Waals surface area contributed by atoms with Crippen LogP contribution in [0.4, 0.5) is 0 Å². The van der Waals surface area contributed by atoms with Gasteiger partial charge in [0.15, 0.2) is 16.5 Å². The van der Waals surface area contributed by atoms with E-state index in [9.17, 15) is 14.4 Å². The molecule has 1 amide bonds. The number of aromatic nitrogens is 3. The van der Waals surface area contributed by atoms with E-state index in [0.29, 0.717) is 17.1 Å². The monoisotopic (exact) mass is 393 g/mol. The molecule has 27 heavy (non-hydrogen) atoms. The molecule has 0 spiro atoms. The zero-order valence-corrected chi connectivity index (χ0v) is 15.8. The molecule has 1 aromatic carbocycles. The summed E-state index contributed by atoms with van der Waals surface area (Å²) in [4.78, 5) is 36.1. The van der Waals surface area contributed by atoms with Crippen molar-refractivity contribution >= 4 is 23.9 Å². The standard InChI is InChI=1S/C16H19N5O5S/c1-9(2)26-11-5-4-10(6-12(11)25-3)7-17-19-13(22)8-27-15-14(23)18-16(24)21-20-15/h4-7,9H,8H2,1-3H3,(H,19,22)(H2,18,21,23,24)/b17-7+. The Morgan fingerprint density at radius 3 is 2.81 bits per heavy atom. The number of carbonyl (C=O) groups is 1. The molecule has 0 fully saturated rings. The van der Waals surface area contributed by atoms with E-state index in [2.05, 4.69) is 20.7 Å². The average Bonchev–Trinajstić information content (AvgIpc) is 2.61. The summed E-state index contributed by atoms with van der Waals surface area (Å²) in [6.45, 7) is 3.83. The van der Waals surface area contributed by atoms with E-state index < -0.39 is 17.2 Å². The van der Waals surface area contributed by atoms with Crippen molar-refractivity contribution in [2.75, 3.05) is 12.9 Å². The van der Waals surface area contributed by atoms with Gasteiger partial charge >= 0.3 is 5.69 Å². The van der Waals surface area contributed by atoms with Crippen LogP contribution in [-0.4, -0.2) is 46.3 Å². The number of ether oxygens (including phenoxy) is 2. The van der Waals surface area contributed by atoms with Crippen LogP contribution < -0.4 is 26.1 Å². The summed E-state index contributed by atoms with van der Waals surface area (Å²) in [5.41, 5.74) is 1.68. The number of hydrogen-bond donors (Lipinski definition) is 3. The SMILES string of the molecule is COc1cc(/C=N/NC(=O)CSc2n[nH]c(=O)[nH]c2=O)ccc1OC(C)C. The number of methoxy groups -OCH3 is 1. The van der Waals surface area contributed by atoms with Crippen molar-refractivity contribution in [1.82, 2.24) is 20.6 Å². The minimum atomic E-state index is -0.710. The molecule has 10 nitrogen and oxygen atoms in total. The first-order valence-electron chi connectivity index (χ1n) is 7.87. The Morgan fingerprint density at radius 2 is 2.15 bits per heavy atom. The summed E-state index contributed by atoms with van der Waals surface area (Å²) in [5.74, 6) is 0.640. The van der Waals surface area contributed by atoms with Gasteiger partial charge in [-0.1, -0.05) is 11.8 Å². The Labute approximate surface area is 158 Å². The Kier molecular flexibility index (Phi) is 7.17. The first kappa shape index (κ1) is 20.2. The molecule has 0 saturated heterocycles. The lowest BCUT2D eigenvalue weighted by Crippen LogP contribution is -2.26. The second-order valence-electron chi connectivity index (χ2n) is 5.47. The molecule has 1 heterocycles. The summed E-state index contributed by atoms with van der Waals surface area (Å²) in [6, 6.07) is 5.26. The average molecular weight is 393 g/mol. The zero-order chi connectivity index (χ0) is 19.8. The molecule has 0 saturated carbocycles. The largest absolute Gasteiger partial charge is 0.493 e. The summed E-state index contributed by atoms with van der Waals surface area (Å²) < 4.78 is 10.9. The molecule has 144 valence electrons. The topological polar surface area (TPSA) is 139 Å². The van der Waals surface area contributed by atoms with Gasteiger partial charge in [-0.2, -0.15) is 10.2 Å². The predicted molar refractivity (Wildman–Crippen MR) is 101 cm³/mol. The Bertz CT molecular complexity index is 937. The van der Waals surface area contributed by atoms with Gasteiger partial charge in [-0.05, 0) is 37.6 Å². The van der Waals surface area contributed by atoms with Crippen LogP contribution in [0.25, 0.3) is 0 Å². The minimum Gasteiger partial charge on any atom is -0.493 e. The molecule has 0 aliphatic heterocycles. The fourth-order valence-electron chi connectivity index (χ4n) is 1.90. The van der Waals surface area contributed by atoms with E-state index in [1.165, 1.54) is 13.3 Å². The molecular weight excluding hydrogens is 374 g/mol. The molecule has 0 atom stereocenters. The summed E-state index contributed by atoms with van der Waals surface area (Å²) >= 11 is 0.876. The third-order valence-corrected chi connectivity index (χ3v) is 3.93. The molecule has 0 aliphatic carbocycles. The maximum absolute atomic E-state index is 11.8. The van der Waals surface area contributed by atoms with Gasteiger partial charge in [0.1, 0.15) is 0 Å². The fourth-order valence-corrected chi connectivity index (χ4v) is 2.52. The van der Waals surface area contributed by atoms with Crippen LogP contribution in [0.2, 0.25) is 0 Å². The third kappa shape index (κ3) is 6.29.